The maximum atomic E-state index is 10.8. The molecule has 92 valence electrons. The zero-order chi connectivity index (χ0) is 12.3. The molecule has 1 aromatic rings. The lowest BCUT2D eigenvalue weighted by Crippen LogP contribution is -2.30. The summed E-state index contributed by atoms with van der Waals surface area (Å²) >= 11 is 0. The van der Waals surface area contributed by atoms with Crippen LogP contribution in [0, 0.1) is 0 Å². The van der Waals surface area contributed by atoms with Gasteiger partial charge in [0.2, 0.25) is 0 Å². The zero-order valence-corrected chi connectivity index (χ0v) is 9.72. The second kappa shape index (κ2) is 5.14. The Morgan fingerprint density at radius 1 is 1.71 bits per heavy atom. The van der Waals surface area contributed by atoms with Crippen LogP contribution in [0.1, 0.15) is 30.3 Å². The van der Waals surface area contributed by atoms with Gasteiger partial charge in [-0.2, -0.15) is 0 Å². The number of nitrogens with one attached hydrogen (secondary N) is 1. The minimum Gasteiger partial charge on any atom is -0.477 e. The lowest BCUT2D eigenvalue weighted by atomic mass is 10.1. The van der Waals surface area contributed by atoms with E-state index in [0.717, 1.165) is 25.1 Å². The third-order valence-electron chi connectivity index (χ3n) is 2.90. The van der Waals surface area contributed by atoms with E-state index in [4.69, 9.17) is 9.84 Å². The summed E-state index contributed by atoms with van der Waals surface area (Å²) in [6, 6.07) is 3.47. The molecule has 1 fully saturated rings. The van der Waals surface area contributed by atoms with Crippen molar-refractivity contribution in [3.8, 4) is 0 Å². The summed E-state index contributed by atoms with van der Waals surface area (Å²) in [6.45, 7) is 2.85. The van der Waals surface area contributed by atoms with Crippen molar-refractivity contribution in [3.63, 3.8) is 0 Å². The number of hydrogen-bond acceptors (Lipinski definition) is 4. The van der Waals surface area contributed by atoms with Crippen LogP contribution in [0.5, 0.6) is 0 Å². The summed E-state index contributed by atoms with van der Waals surface area (Å²) in [5, 5.41) is 12.1. The van der Waals surface area contributed by atoms with Gasteiger partial charge in [-0.15, -0.1) is 0 Å². The van der Waals surface area contributed by atoms with Crippen molar-refractivity contribution in [3.05, 3.63) is 24.0 Å². The summed E-state index contributed by atoms with van der Waals surface area (Å²) in [5.41, 5.74) is 0.815. The Bertz CT molecular complexity index is 402. The first-order chi connectivity index (χ1) is 8.16. The van der Waals surface area contributed by atoms with Crippen molar-refractivity contribution in [2.45, 2.75) is 31.9 Å². The molecule has 0 bridgehead atoms. The van der Waals surface area contributed by atoms with Crippen molar-refractivity contribution in [2.24, 2.45) is 0 Å². The number of carbonyl (C=O) groups is 1. The molecule has 0 radical (unpaired) electrons. The van der Waals surface area contributed by atoms with Gasteiger partial charge in [-0.3, -0.25) is 0 Å². The highest BCUT2D eigenvalue weighted by molar-refractivity contribution is 5.86. The Hall–Kier alpha value is -1.62. The average Bonchev–Trinajstić information content (AvgIpc) is 2.82. The first kappa shape index (κ1) is 11.9. The number of aromatic carboxylic acids is 1. The SMILES string of the molecule is CC(Nc1ccnc(C(=O)O)c1)C1CCCO1. The normalized spacial score (nSPS) is 21.1. The molecule has 2 heterocycles. The molecule has 2 N–H and O–H groups in total. The minimum absolute atomic E-state index is 0.0505. The van der Waals surface area contributed by atoms with Crippen molar-refractivity contribution >= 4 is 11.7 Å². The average molecular weight is 236 g/mol. The first-order valence-corrected chi connectivity index (χ1v) is 5.74. The molecule has 0 aliphatic carbocycles. The Labute approximate surface area is 99.8 Å². The van der Waals surface area contributed by atoms with Gasteiger partial charge in [-0.1, -0.05) is 0 Å². The summed E-state index contributed by atoms with van der Waals surface area (Å²) in [6.07, 6.45) is 3.84. The predicted octanol–water partition coefficient (Wildman–Crippen LogP) is 1.76. The maximum absolute atomic E-state index is 10.8. The quantitative estimate of drug-likeness (QED) is 0.833. The largest absolute Gasteiger partial charge is 0.477 e. The standard InChI is InChI=1S/C12H16N2O3/c1-8(11-3-2-6-17-11)14-9-4-5-13-10(7-9)12(15)16/h4-5,7-8,11H,2-3,6H2,1H3,(H,13,14)(H,15,16). The van der Waals surface area contributed by atoms with E-state index in [2.05, 4.69) is 10.3 Å². The van der Waals surface area contributed by atoms with Crippen LogP contribution in [0.3, 0.4) is 0 Å². The molecular formula is C12H16N2O3. The number of pyridine rings is 1. The third kappa shape index (κ3) is 2.94. The Balaban J connectivity index is 2.02. The fourth-order valence-electron chi connectivity index (χ4n) is 1.99. The summed E-state index contributed by atoms with van der Waals surface area (Å²) in [7, 11) is 0. The van der Waals surface area contributed by atoms with Crippen molar-refractivity contribution in [1.82, 2.24) is 4.98 Å². The molecule has 2 rings (SSSR count). The van der Waals surface area contributed by atoms with Crippen LogP contribution in [0.4, 0.5) is 5.69 Å². The van der Waals surface area contributed by atoms with Crippen LogP contribution < -0.4 is 5.32 Å². The molecule has 5 heteroatoms. The number of carboxylic acids is 1. The summed E-state index contributed by atoms with van der Waals surface area (Å²) in [4.78, 5) is 14.6. The number of hydrogen-bond donors (Lipinski definition) is 2. The molecule has 1 aliphatic heterocycles. The molecule has 5 nitrogen and oxygen atoms in total. The van der Waals surface area contributed by atoms with E-state index >= 15 is 0 Å². The van der Waals surface area contributed by atoms with Crippen LogP contribution >= 0.6 is 0 Å². The second-order valence-electron chi connectivity index (χ2n) is 4.22. The van der Waals surface area contributed by atoms with Gasteiger partial charge in [-0.05, 0) is 31.9 Å². The number of anilines is 1. The number of ether oxygens (including phenoxy) is 1. The fraction of sp³-hybridized carbons (Fsp3) is 0.500. The summed E-state index contributed by atoms with van der Waals surface area (Å²) in [5.74, 6) is -1.02. The molecule has 0 aromatic carbocycles. The number of rotatable bonds is 4. The first-order valence-electron chi connectivity index (χ1n) is 5.74. The maximum Gasteiger partial charge on any atom is 0.354 e. The van der Waals surface area contributed by atoms with Gasteiger partial charge >= 0.3 is 5.97 Å². The van der Waals surface area contributed by atoms with E-state index < -0.39 is 5.97 Å². The molecule has 17 heavy (non-hydrogen) atoms. The number of carboxylic acid groups (broad SMARTS) is 1. The predicted molar refractivity (Wildman–Crippen MR) is 63.3 cm³/mol. The molecule has 1 aliphatic rings. The Kier molecular flexibility index (Phi) is 3.58. The van der Waals surface area contributed by atoms with Gasteiger partial charge in [0, 0.05) is 24.5 Å². The highest BCUT2D eigenvalue weighted by Crippen LogP contribution is 2.19. The molecule has 0 saturated carbocycles. The van der Waals surface area contributed by atoms with Crippen molar-refractivity contribution < 1.29 is 14.6 Å². The summed E-state index contributed by atoms with van der Waals surface area (Å²) < 4.78 is 5.57. The second-order valence-corrected chi connectivity index (χ2v) is 4.22. The van der Waals surface area contributed by atoms with Crippen LogP contribution in [0.2, 0.25) is 0 Å². The van der Waals surface area contributed by atoms with Gasteiger partial charge < -0.3 is 15.2 Å². The number of aromatic nitrogens is 1. The van der Waals surface area contributed by atoms with Gasteiger partial charge in [0.05, 0.1) is 6.10 Å². The van der Waals surface area contributed by atoms with E-state index in [9.17, 15) is 4.79 Å². The van der Waals surface area contributed by atoms with Crippen LogP contribution in [-0.2, 0) is 4.74 Å². The highest BCUT2D eigenvalue weighted by Gasteiger charge is 2.22. The highest BCUT2D eigenvalue weighted by atomic mass is 16.5. The monoisotopic (exact) mass is 236 g/mol. The van der Waals surface area contributed by atoms with Crippen LogP contribution in [0.25, 0.3) is 0 Å². The third-order valence-corrected chi connectivity index (χ3v) is 2.90. The zero-order valence-electron chi connectivity index (χ0n) is 9.72. The topological polar surface area (TPSA) is 71.5 Å². The van der Waals surface area contributed by atoms with Gasteiger partial charge in [0.25, 0.3) is 0 Å². The smallest absolute Gasteiger partial charge is 0.354 e. The van der Waals surface area contributed by atoms with Crippen molar-refractivity contribution in [1.29, 1.82) is 0 Å². The van der Waals surface area contributed by atoms with Gasteiger partial charge in [0.15, 0.2) is 0 Å². The van der Waals surface area contributed by atoms with Crippen molar-refractivity contribution in [2.75, 3.05) is 11.9 Å². The molecule has 0 spiro atoms. The minimum atomic E-state index is -1.02. The van der Waals surface area contributed by atoms with E-state index in [1.807, 2.05) is 6.92 Å². The fourth-order valence-corrected chi connectivity index (χ4v) is 1.99. The number of nitrogens with zero attached hydrogens (tertiary/aromatic N) is 1. The molecular weight excluding hydrogens is 220 g/mol. The van der Waals surface area contributed by atoms with Gasteiger partial charge in [0.1, 0.15) is 5.69 Å². The molecule has 0 amide bonds. The van der Waals surface area contributed by atoms with E-state index in [1.54, 1.807) is 6.07 Å². The molecule has 1 aromatic heterocycles. The Morgan fingerprint density at radius 3 is 3.18 bits per heavy atom. The Morgan fingerprint density at radius 2 is 2.53 bits per heavy atom. The molecule has 1 saturated heterocycles. The lowest BCUT2D eigenvalue weighted by molar-refractivity contribution is 0.0690. The van der Waals surface area contributed by atoms with E-state index in [-0.39, 0.29) is 17.8 Å². The lowest BCUT2D eigenvalue weighted by Gasteiger charge is -2.21. The van der Waals surface area contributed by atoms with E-state index in [0.29, 0.717) is 0 Å². The van der Waals surface area contributed by atoms with Crippen LogP contribution in [-0.4, -0.2) is 34.8 Å². The molecule has 2 unspecified atom stereocenters. The molecule has 2 atom stereocenters. The van der Waals surface area contributed by atoms with E-state index in [1.165, 1.54) is 12.3 Å². The van der Waals surface area contributed by atoms with Gasteiger partial charge in [-0.25, -0.2) is 9.78 Å². The van der Waals surface area contributed by atoms with Crippen LogP contribution in [0.15, 0.2) is 18.3 Å².